The Hall–Kier alpha value is -2.99. The van der Waals surface area contributed by atoms with Crippen molar-refractivity contribution in [3.05, 3.63) is 66.5 Å². The van der Waals surface area contributed by atoms with Crippen LogP contribution in [-0.4, -0.2) is 20.7 Å². The first-order valence-electron chi connectivity index (χ1n) is 7.47. The van der Waals surface area contributed by atoms with Crippen molar-refractivity contribution in [1.82, 2.24) is 14.8 Å². The van der Waals surface area contributed by atoms with Gasteiger partial charge in [-0.2, -0.15) is 5.10 Å². The van der Waals surface area contributed by atoms with Gasteiger partial charge in [-0.05, 0) is 30.3 Å². The smallest absolute Gasteiger partial charge is 0.273 e. The molecule has 4 aromatic rings. The Morgan fingerprint density at radius 3 is 2.67 bits per heavy atom. The van der Waals surface area contributed by atoms with Gasteiger partial charge in [-0.1, -0.05) is 24.3 Å². The van der Waals surface area contributed by atoms with E-state index in [9.17, 15) is 4.79 Å². The molecule has 0 aliphatic rings. The third kappa shape index (κ3) is 2.57. The number of rotatable bonds is 3. The number of aromatic nitrogens is 3. The van der Waals surface area contributed by atoms with Gasteiger partial charge in [0.1, 0.15) is 10.7 Å². The molecule has 118 valence electrons. The van der Waals surface area contributed by atoms with Crippen LogP contribution in [0.15, 0.2) is 60.8 Å². The molecule has 0 bridgehead atoms. The van der Waals surface area contributed by atoms with Crippen molar-refractivity contribution in [3.8, 4) is 10.6 Å². The zero-order valence-electron chi connectivity index (χ0n) is 12.9. The lowest BCUT2D eigenvalue weighted by Crippen LogP contribution is -2.16. The van der Waals surface area contributed by atoms with Gasteiger partial charge in [0.15, 0.2) is 0 Å². The lowest BCUT2D eigenvalue weighted by Gasteiger charge is -2.09. The number of thiazole rings is 1. The summed E-state index contributed by atoms with van der Waals surface area (Å²) < 4.78 is 2.68. The molecule has 0 saturated heterocycles. The van der Waals surface area contributed by atoms with Gasteiger partial charge in [0, 0.05) is 18.8 Å². The highest BCUT2D eigenvalue weighted by Gasteiger charge is 2.15. The summed E-state index contributed by atoms with van der Waals surface area (Å²) in [4.78, 5) is 17.1. The predicted molar refractivity (Wildman–Crippen MR) is 96.2 cm³/mol. The van der Waals surface area contributed by atoms with E-state index < -0.39 is 0 Å². The summed E-state index contributed by atoms with van der Waals surface area (Å²) >= 11 is 1.61. The molecule has 0 fully saturated rings. The average Bonchev–Trinajstić information content (AvgIpc) is 3.21. The van der Waals surface area contributed by atoms with E-state index in [-0.39, 0.29) is 5.91 Å². The highest BCUT2D eigenvalue weighted by molar-refractivity contribution is 7.21. The van der Waals surface area contributed by atoms with Crippen molar-refractivity contribution in [2.45, 2.75) is 0 Å². The minimum atomic E-state index is -0.191. The van der Waals surface area contributed by atoms with Crippen molar-refractivity contribution in [2.24, 2.45) is 7.05 Å². The molecule has 0 atom stereocenters. The summed E-state index contributed by atoms with van der Waals surface area (Å²) in [6, 6.07) is 17.4. The van der Waals surface area contributed by atoms with Crippen molar-refractivity contribution in [3.63, 3.8) is 0 Å². The highest BCUT2D eigenvalue weighted by Crippen LogP contribution is 2.34. The minimum absolute atomic E-state index is 0.191. The molecule has 24 heavy (non-hydrogen) atoms. The first kappa shape index (κ1) is 14.6. The molecule has 0 aliphatic carbocycles. The molecule has 1 N–H and O–H groups in total. The summed E-state index contributed by atoms with van der Waals surface area (Å²) in [5.41, 5.74) is 3.12. The van der Waals surface area contributed by atoms with E-state index >= 15 is 0 Å². The Balaban J connectivity index is 1.73. The summed E-state index contributed by atoms with van der Waals surface area (Å²) in [5, 5.41) is 7.88. The van der Waals surface area contributed by atoms with Gasteiger partial charge in [-0.25, -0.2) is 4.98 Å². The van der Waals surface area contributed by atoms with Gasteiger partial charge in [0.2, 0.25) is 0 Å². The number of para-hydroxylation sites is 2. The summed E-state index contributed by atoms with van der Waals surface area (Å²) in [6.45, 7) is 0. The predicted octanol–water partition coefficient (Wildman–Crippen LogP) is 3.95. The quantitative estimate of drug-likeness (QED) is 0.617. The zero-order valence-corrected chi connectivity index (χ0v) is 13.7. The van der Waals surface area contributed by atoms with Gasteiger partial charge < -0.3 is 5.32 Å². The van der Waals surface area contributed by atoms with Gasteiger partial charge in [-0.3, -0.25) is 9.48 Å². The van der Waals surface area contributed by atoms with E-state index in [1.807, 2.05) is 48.5 Å². The first-order valence-corrected chi connectivity index (χ1v) is 8.28. The van der Waals surface area contributed by atoms with Crippen LogP contribution in [0.1, 0.15) is 10.5 Å². The van der Waals surface area contributed by atoms with E-state index in [0.29, 0.717) is 5.69 Å². The van der Waals surface area contributed by atoms with Crippen LogP contribution in [0.3, 0.4) is 0 Å². The van der Waals surface area contributed by atoms with Crippen LogP contribution < -0.4 is 5.32 Å². The maximum absolute atomic E-state index is 12.5. The van der Waals surface area contributed by atoms with E-state index in [1.54, 1.807) is 35.3 Å². The van der Waals surface area contributed by atoms with Crippen molar-refractivity contribution < 1.29 is 4.79 Å². The number of aryl methyl sites for hydroxylation is 1. The second kappa shape index (κ2) is 5.90. The normalized spacial score (nSPS) is 10.9. The average molecular weight is 334 g/mol. The monoisotopic (exact) mass is 334 g/mol. The summed E-state index contributed by atoms with van der Waals surface area (Å²) in [5.74, 6) is -0.191. The van der Waals surface area contributed by atoms with Crippen molar-refractivity contribution >= 4 is 33.1 Å². The van der Waals surface area contributed by atoms with Gasteiger partial charge >= 0.3 is 0 Å². The van der Waals surface area contributed by atoms with Crippen LogP contribution >= 0.6 is 11.3 Å². The second-order valence-electron chi connectivity index (χ2n) is 5.33. The molecule has 0 saturated carbocycles. The molecule has 1 amide bonds. The molecule has 6 heteroatoms. The minimum Gasteiger partial charge on any atom is -0.320 e. The Labute approximate surface area is 142 Å². The standard InChI is InChI=1S/C18H14N4OS/c1-22-15(10-11-19-22)17(23)20-13-7-3-2-6-12(13)18-21-14-8-4-5-9-16(14)24-18/h2-11H,1H3,(H,20,23). The number of hydrogen-bond acceptors (Lipinski definition) is 4. The molecule has 0 spiro atoms. The van der Waals surface area contributed by atoms with Crippen LogP contribution in [0.5, 0.6) is 0 Å². The lowest BCUT2D eigenvalue weighted by atomic mass is 10.2. The third-order valence-electron chi connectivity index (χ3n) is 3.75. The van der Waals surface area contributed by atoms with E-state index in [0.717, 1.165) is 26.5 Å². The van der Waals surface area contributed by atoms with Crippen LogP contribution in [0.25, 0.3) is 20.8 Å². The van der Waals surface area contributed by atoms with E-state index in [4.69, 9.17) is 0 Å². The number of carbonyl (C=O) groups excluding carboxylic acids is 1. The molecule has 0 radical (unpaired) electrons. The zero-order chi connectivity index (χ0) is 16.5. The fraction of sp³-hybridized carbons (Fsp3) is 0.0556. The van der Waals surface area contributed by atoms with Crippen LogP contribution in [-0.2, 0) is 7.05 Å². The largest absolute Gasteiger partial charge is 0.320 e. The molecule has 0 unspecified atom stereocenters. The molecular formula is C18H14N4OS. The van der Waals surface area contributed by atoms with Crippen LogP contribution in [0.4, 0.5) is 5.69 Å². The number of carbonyl (C=O) groups is 1. The summed E-state index contributed by atoms with van der Waals surface area (Å²) in [7, 11) is 1.74. The van der Waals surface area contributed by atoms with Gasteiger partial charge in [-0.15, -0.1) is 11.3 Å². The molecule has 2 aromatic heterocycles. The fourth-order valence-electron chi connectivity index (χ4n) is 2.55. The maximum atomic E-state index is 12.5. The molecular weight excluding hydrogens is 320 g/mol. The third-order valence-corrected chi connectivity index (χ3v) is 4.82. The van der Waals surface area contributed by atoms with Crippen molar-refractivity contribution in [2.75, 3.05) is 5.32 Å². The highest BCUT2D eigenvalue weighted by atomic mass is 32.1. The Morgan fingerprint density at radius 1 is 1.08 bits per heavy atom. The number of fused-ring (bicyclic) bond motifs is 1. The Kier molecular flexibility index (Phi) is 3.59. The Bertz CT molecular complexity index is 1000. The first-order chi connectivity index (χ1) is 11.7. The molecule has 5 nitrogen and oxygen atoms in total. The number of anilines is 1. The molecule has 0 aliphatic heterocycles. The number of benzene rings is 2. The molecule has 4 rings (SSSR count). The number of hydrogen-bond donors (Lipinski definition) is 1. The van der Waals surface area contributed by atoms with Crippen LogP contribution in [0, 0.1) is 0 Å². The van der Waals surface area contributed by atoms with Crippen LogP contribution in [0.2, 0.25) is 0 Å². The van der Waals surface area contributed by atoms with Crippen molar-refractivity contribution in [1.29, 1.82) is 0 Å². The van der Waals surface area contributed by atoms with E-state index in [1.165, 1.54) is 0 Å². The van der Waals surface area contributed by atoms with Gasteiger partial charge in [0.05, 0.1) is 15.9 Å². The van der Waals surface area contributed by atoms with Gasteiger partial charge in [0.25, 0.3) is 5.91 Å². The lowest BCUT2D eigenvalue weighted by molar-refractivity contribution is 0.101. The fourth-order valence-corrected chi connectivity index (χ4v) is 3.55. The topological polar surface area (TPSA) is 59.8 Å². The number of amides is 1. The van der Waals surface area contributed by atoms with E-state index in [2.05, 4.69) is 15.4 Å². The molecule has 2 aromatic carbocycles. The SMILES string of the molecule is Cn1nccc1C(=O)Nc1ccccc1-c1nc2ccccc2s1. The molecule has 2 heterocycles. The number of nitrogens with zero attached hydrogens (tertiary/aromatic N) is 3. The maximum Gasteiger partial charge on any atom is 0.273 e. The number of nitrogens with one attached hydrogen (secondary N) is 1. The summed E-state index contributed by atoms with van der Waals surface area (Å²) in [6.07, 6.45) is 1.61. The Morgan fingerprint density at radius 2 is 1.88 bits per heavy atom. The second-order valence-corrected chi connectivity index (χ2v) is 6.36.